The fraction of sp³-hybridized carbons (Fsp3) is 0.152. The summed E-state index contributed by atoms with van der Waals surface area (Å²) in [5.41, 5.74) is 8.19. The van der Waals surface area contributed by atoms with Crippen molar-refractivity contribution in [3.05, 3.63) is 132 Å². The molecule has 1 aliphatic heterocycles. The van der Waals surface area contributed by atoms with Crippen molar-refractivity contribution in [3.8, 4) is 11.1 Å². The lowest BCUT2D eigenvalue weighted by molar-refractivity contribution is 0.0752. The number of rotatable bonds is 6. The molecule has 0 fully saturated rings. The van der Waals surface area contributed by atoms with Crippen molar-refractivity contribution in [3.63, 3.8) is 0 Å². The third kappa shape index (κ3) is 5.14. The van der Waals surface area contributed by atoms with Crippen molar-refractivity contribution in [1.29, 1.82) is 0 Å². The predicted molar refractivity (Wildman–Crippen MR) is 157 cm³/mol. The SMILES string of the molecule is CN(c1ccccc1)c1ccccc1C(=O)N1CCN(Cc2c[nH]cn2)c2ccc(-c3ccccc3)cc2C1. The van der Waals surface area contributed by atoms with E-state index in [1.165, 1.54) is 0 Å². The number of anilines is 3. The molecular weight excluding hydrogens is 482 g/mol. The number of benzene rings is 4. The highest BCUT2D eigenvalue weighted by Crippen LogP contribution is 2.33. The number of aromatic nitrogens is 2. The van der Waals surface area contributed by atoms with Gasteiger partial charge in [0.15, 0.2) is 0 Å². The molecule has 6 rings (SSSR count). The van der Waals surface area contributed by atoms with Gasteiger partial charge in [-0.2, -0.15) is 0 Å². The van der Waals surface area contributed by atoms with Crippen molar-refractivity contribution in [2.24, 2.45) is 0 Å². The summed E-state index contributed by atoms with van der Waals surface area (Å²) in [7, 11) is 2.01. The second kappa shape index (κ2) is 10.9. The fourth-order valence-corrected chi connectivity index (χ4v) is 5.30. The number of amides is 1. The topological polar surface area (TPSA) is 55.5 Å². The summed E-state index contributed by atoms with van der Waals surface area (Å²) in [4.78, 5) is 28.1. The highest BCUT2D eigenvalue weighted by Gasteiger charge is 2.27. The molecule has 0 saturated heterocycles. The first kappa shape index (κ1) is 24.5. The lowest BCUT2D eigenvalue weighted by atomic mass is 10.0. The molecular formula is C33H31N5O. The van der Waals surface area contributed by atoms with Gasteiger partial charge in [-0.05, 0) is 53.1 Å². The molecule has 194 valence electrons. The molecule has 4 aromatic carbocycles. The summed E-state index contributed by atoms with van der Waals surface area (Å²) >= 11 is 0. The number of carbonyl (C=O) groups excluding carboxylic acids is 1. The number of imidazole rings is 1. The summed E-state index contributed by atoms with van der Waals surface area (Å²) in [5, 5.41) is 0. The van der Waals surface area contributed by atoms with E-state index in [0.29, 0.717) is 31.7 Å². The van der Waals surface area contributed by atoms with Gasteiger partial charge in [-0.25, -0.2) is 4.98 Å². The summed E-state index contributed by atoms with van der Waals surface area (Å²) in [6.07, 6.45) is 3.64. The lowest BCUT2D eigenvalue weighted by Gasteiger charge is -2.26. The van der Waals surface area contributed by atoms with E-state index in [2.05, 4.69) is 74.4 Å². The Balaban J connectivity index is 1.35. The fourth-order valence-electron chi connectivity index (χ4n) is 5.30. The molecule has 0 bridgehead atoms. The van der Waals surface area contributed by atoms with E-state index >= 15 is 0 Å². The summed E-state index contributed by atoms with van der Waals surface area (Å²) < 4.78 is 0. The summed E-state index contributed by atoms with van der Waals surface area (Å²) in [5.74, 6) is 0.0334. The van der Waals surface area contributed by atoms with Crippen molar-refractivity contribution in [2.45, 2.75) is 13.1 Å². The van der Waals surface area contributed by atoms with Crippen molar-refractivity contribution in [2.75, 3.05) is 29.9 Å². The van der Waals surface area contributed by atoms with Gasteiger partial charge in [0.1, 0.15) is 0 Å². The van der Waals surface area contributed by atoms with Crippen LogP contribution in [0.3, 0.4) is 0 Å². The number of nitrogens with one attached hydrogen (secondary N) is 1. The van der Waals surface area contributed by atoms with E-state index < -0.39 is 0 Å². The average Bonchev–Trinajstić information content (AvgIpc) is 3.45. The Hall–Kier alpha value is -4.84. The molecule has 1 N–H and O–H groups in total. The Morgan fingerprint density at radius 3 is 2.38 bits per heavy atom. The zero-order valence-corrected chi connectivity index (χ0v) is 22.0. The number of aromatic amines is 1. The standard InChI is InChI=1S/C33H31N5O/c1-36(29-12-6-3-7-13-29)32-15-9-8-14-30(32)33(39)38-19-18-37(23-28-21-34-24-35-28)31-17-16-26(20-27(31)22-38)25-10-4-2-5-11-25/h2-17,20-21,24H,18-19,22-23H2,1H3,(H,34,35). The van der Waals surface area contributed by atoms with Crippen LogP contribution in [0.4, 0.5) is 17.1 Å². The van der Waals surface area contributed by atoms with Crippen LogP contribution in [0.5, 0.6) is 0 Å². The molecule has 0 saturated carbocycles. The molecule has 0 spiro atoms. The largest absolute Gasteiger partial charge is 0.364 e. The van der Waals surface area contributed by atoms with Crippen LogP contribution < -0.4 is 9.80 Å². The molecule has 39 heavy (non-hydrogen) atoms. The number of H-pyrrole nitrogens is 1. The van der Waals surface area contributed by atoms with E-state index in [0.717, 1.165) is 39.4 Å². The first-order valence-electron chi connectivity index (χ1n) is 13.3. The zero-order valence-electron chi connectivity index (χ0n) is 22.0. The maximum Gasteiger partial charge on any atom is 0.256 e. The second-order valence-corrected chi connectivity index (χ2v) is 9.83. The van der Waals surface area contributed by atoms with Crippen LogP contribution in [0.25, 0.3) is 11.1 Å². The van der Waals surface area contributed by atoms with E-state index in [1.807, 2.05) is 66.7 Å². The molecule has 5 aromatic rings. The Bertz CT molecular complexity index is 1550. The van der Waals surface area contributed by atoms with Crippen LogP contribution in [0.15, 0.2) is 116 Å². The lowest BCUT2D eigenvalue weighted by Crippen LogP contribution is -2.35. The molecule has 6 nitrogen and oxygen atoms in total. The number of fused-ring (bicyclic) bond motifs is 1. The van der Waals surface area contributed by atoms with Gasteiger partial charge in [-0.3, -0.25) is 4.79 Å². The molecule has 1 aromatic heterocycles. The second-order valence-electron chi connectivity index (χ2n) is 9.83. The average molecular weight is 514 g/mol. The quantitative estimate of drug-likeness (QED) is 0.281. The Morgan fingerprint density at radius 1 is 0.872 bits per heavy atom. The van der Waals surface area contributed by atoms with E-state index in [9.17, 15) is 4.79 Å². The van der Waals surface area contributed by atoms with Crippen LogP contribution in [0, 0.1) is 0 Å². The highest BCUT2D eigenvalue weighted by molar-refractivity contribution is 6.00. The molecule has 0 radical (unpaired) electrons. The van der Waals surface area contributed by atoms with Gasteiger partial charge >= 0.3 is 0 Å². The molecule has 6 heteroatoms. The number of nitrogens with zero attached hydrogens (tertiary/aromatic N) is 4. The van der Waals surface area contributed by atoms with Gasteiger partial charge in [-0.15, -0.1) is 0 Å². The monoisotopic (exact) mass is 513 g/mol. The minimum Gasteiger partial charge on any atom is -0.364 e. The van der Waals surface area contributed by atoms with Crippen LogP contribution in [0.1, 0.15) is 21.6 Å². The molecule has 1 aliphatic rings. The Morgan fingerprint density at radius 2 is 1.62 bits per heavy atom. The van der Waals surface area contributed by atoms with Crippen molar-refractivity contribution >= 4 is 23.0 Å². The molecule has 0 unspecified atom stereocenters. The van der Waals surface area contributed by atoms with E-state index in [4.69, 9.17) is 0 Å². The zero-order chi connectivity index (χ0) is 26.6. The van der Waals surface area contributed by atoms with Crippen LogP contribution in [0.2, 0.25) is 0 Å². The third-order valence-electron chi connectivity index (χ3n) is 7.36. The van der Waals surface area contributed by atoms with Crippen molar-refractivity contribution < 1.29 is 4.79 Å². The van der Waals surface area contributed by atoms with Crippen LogP contribution >= 0.6 is 0 Å². The summed E-state index contributed by atoms with van der Waals surface area (Å²) in [6.45, 7) is 2.54. The van der Waals surface area contributed by atoms with Gasteiger partial charge in [0, 0.05) is 44.3 Å². The van der Waals surface area contributed by atoms with Crippen LogP contribution in [-0.2, 0) is 13.1 Å². The highest BCUT2D eigenvalue weighted by atomic mass is 16.2. The van der Waals surface area contributed by atoms with E-state index in [1.54, 1.807) is 6.33 Å². The number of hydrogen-bond donors (Lipinski definition) is 1. The number of para-hydroxylation sites is 2. The Kier molecular flexibility index (Phi) is 6.83. The number of hydrogen-bond acceptors (Lipinski definition) is 4. The molecule has 1 amide bonds. The first-order valence-corrected chi connectivity index (χ1v) is 13.3. The van der Waals surface area contributed by atoms with Gasteiger partial charge in [-0.1, -0.05) is 66.7 Å². The maximum absolute atomic E-state index is 14.2. The van der Waals surface area contributed by atoms with Gasteiger partial charge in [0.25, 0.3) is 5.91 Å². The normalized spacial score (nSPS) is 13.1. The predicted octanol–water partition coefficient (Wildman–Crippen LogP) is 6.51. The van der Waals surface area contributed by atoms with Gasteiger partial charge < -0.3 is 19.7 Å². The van der Waals surface area contributed by atoms with Gasteiger partial charge in [0.2, 0.25) is 0 Å². The summed E-state index contributed by atoms with van der Waals surface area (Å²) in [6, 6.07) is 35.0. The Labute approximate surface area is 229 Å². The maximum atomic E-state index is 14.2. The molecule has 0 aliphatic carbocycles. The first-order chi connectivity index (χ1) is 19.2. The minimum absolute atomic E-state index is 0.0334. The van der Waals surface area contributed by atoms with E-state index in [-0.39, 0.29) is 5.91 Å². The van der Waals surface area contributed by atoms with Crippen LogP contribution in [-0.4, -0.2) is 40.9 Å². The minimum atomic E-state index is 0.0334. The smallest absolute Gasteiger partial charge is 0.256 e. The van der Waals surface area contributed by atoms with Crippen molar-refractivity contribution in [1.82, 2.24) is 14.9 Å². The third-order valence-corrected chi connectivity index (χ3v) is 7.36. The number of carbonyl (C=O) groups is 1. The molecule has 0 atom stereocenters. The van der Waals surface area contributed by atoms with Gasteiger partial charge in [0.05, 0.1) is 29.8 Å². The molecule has 2 heterocycles.